The molecule has 9 heteroatoms. The molecule has 0 saturated heterocycles. The van der Waals surface area contributed by atoms with Crippen molar-refractivity contribution in [1.82, 2.24) is 0 Å². The Morgan fingerprint density at radius 3 is 1.84 bits per heavy atom. The lowest BCUT2D eigenvalue weighted by atomic mass is 9.87. The van der Waals surface area contributed by atoms with Gasteiger partial charge < -0.3 is 9.84 Å². The van der Waals surface area contributed by atoms with Crippen LogP contribution < -0.4 is 4.74 Å². The van der Waals surface area contributed by atoms with E-state index in [9.17, 15) is 35.8 Å². The van der Waals surface area contributed by atoms with Crippen LogP contribution in [0.4, 0.5) is 30.7 Å². The van der Waals surface area contributed by atoms with Crippen molar-refractivity contribution in [2.45, 2.75) is 50.8 Å². The highest BCUT2D eigenvalue weighted by atomic mass is 19.4. The van der Waals surface area contributed by atoms with E-state index in [4.69, 9.17) is 4.74 Å². The molecule has 0 heterocycles. The first-order valence-corrected chi connectivity index (χ1v) is 7.38. The van der Waals surface area contributed by atoms with Crippen LogP contribution in [0.15, 0.2) is 24.3 Å². The van der Waals surface area contributed by atoms with Crippen molar-refractivity contribution < 1.29 is 40.6 Å². The molecule has 0 saturated carbocycles. The van der Waals surface area contributed by atoms with E-state index in [1.165, 1.54) is 12.1 Å². The first-order chi connectivity index (χ1) is 11.1. The summed E-state index contributed by atoms with van der Waals surface area (Å²) in [4.78, 5) is 0. The second kappa shape index (κ2) is 7.01. The van der Waals surface area contributed by atoms with Crippen molar-refractivity contribution >= 4 is 0 Å². The van der Waals surface area contributed by atoms with Crippen LogP contribution in [0.25, 0.3) is 0 Å². The van der Waals surface area contributed by atoms with Gasteiger partial charge in [0, 0.05) is 0 Å². The third-order valence-corrected chi connectivity index (χ3v) is 3.44. The number of rotatable bonds is 7. The summed E-state index contributed by atoms with van der Waals surface area (Å²) in [6, 6.07) is 4.90. The van der Waals surface area contributed by atoms with Crippen LogP contribution in [0.3, 0.4) is 0 Å². The van der Waals surface area contributed by atoms with Crippen molar-refractivity contribution in [3.8, 4) is 5.75 Å². The first-order valence-electron chi connectivity index (χ1n) is 7.38. The van der Waals surface area contributed by atoms with Crippen molar-refractivity contribution in [3.05, 3.63) is 29.8 Å². The third kappa shape index (κ3) is 4.99. The van der Waals surface area contributed by atoms with Crippen LogP contribution in [0, 0.1) is 5.92 Å². The largest absolute Gasteiger partial charge is 0.493 e. The van der Waals surface area contributed by atoms with Crippen LogP contribution in [-0.4, -0.2) is 29.7 Å². The summed E-state index contributed by atoms with van der Waals surface area (Å²) in [5.41, 5.74) is -2.84. The van der Waals surface area contributed by atoms with Gasteiger partial charge in [0.15, 0.2) is 0 Å². The smallest absolute Gasteiger partial charge is 0.459 e. The minimum Gasteiger partial charge on any atom is -0.493 e. The van der Waals surface area contributed by atoms with Gasteiger partial charge in [-0.25, -0.2) is 0 Å². The molecular weight excluding hydrogens is 357 g/mol. The van der Waals surface area contributed by atoms with Gasteiger partial charge in [0.2, 0.25) is 0 Å². The zero-order valence-electron chi connectivity index (χ0n) is 13.8. The van der Waals surface area contributed by atoms with E-state index in [1.807, 2.05) is 13.8 Å². The van der Waals surface area contributed by atoms with Gasteiger partial charge in [-0.1, -0.05) is 26.0 Å². The molecule has 0 bridgehead atoms. The Hall–Kier alpha value is -1.51. The standard InChI is InChI=1S/C16H19F7O2/c1-10(2)8-25-12-6-4-11(5-7-12)13(3,24)9-14(17,18)15(19,20)16(21,22)23/h4-7,10,24H,8-9H2,1-3H3. The predicted octanol–water partition coefficient (Wildman–Crippen LogP) is 5.15. The summed E-state index contributed by atoms with van der Waals surface area (Å²) in [6.07, 6.45) is -8.53. The Kier molecular flexibility index (Phi) is 6.04. The molecule has 1 N–H and O–H groups in total. The van der Waals surface area contributed by atoms with Gasteiger partial charge >= 0.3 is 18.0 Å². The Labute approximate surface area is 140 Å². The summed E-state index contributed by atoms with van der Waals surface area (Å²) >= 11 is 0. The van der Waals surface area contributed by atoms with Crippen molar-refractivity contribution in [3.63, 3.8) is 0 Å². The summed E-state index contributed by atoms with van der Waals surface area (Å²) < 4.78 is 94.9. The molecule has 0 fully saturated rings. The van der Waals surface area contributed by atoms with Crippen LogP contribution in [0.1, 0.15) is 32.8 Å². The fourth-order valence-electron chi connectivity index (χ4n) is 2.03. The van der Waals surface area contributed by atoms with Gasteiger partial charge in [0.05, 0.1) is 18.6 Å². The molecule has 0 spiro atoms. The third-order valence-electron chi connectivity index (χ3n) is 3.44. The fraction of sp³-hybridized carbons (Fsp3) is 0.625. The molecule has 1 aromatic carbocycles. The second-order valence-corrected chi connectivity index (χ2v) is 6.46. The maximum Gasteiger partial charge on any atom is 0.459 e. The molecular formula is C16H19F7O2. The van der Waals surface area contributed by atoms with E-state index in [2.05, 4.69) is 0 Å². The quantitative estimate of drug-likeness (QED) is 0.667. The Morgan fingerprint density at radius 1 is 0.960 bits per heavy atom. The number of alkyl halides is 7. The Balaban J connectivity index is 2.97. The van der Waals surface area contributed by atoms with Crippen LogP contribution >= 0.6 is 0 Å². The summed E-state index contributed by atoms with van der Waals surface area (Å²) in [6.45, 7) is 4.90. The lowest BCUT2D eigenvalue weighted by Crippen LogP contribution is -2.54. The number of aliphatic hydroxyl groups is 1. The molecule has 0 amide bonds. The summed E-state index contributed by atoms with van der Waals surface area (Å²) in [5, 5.41) is 10.0. The maximum atomic E-state index is 13.5. The molecule has 0 aromatic heterocycles. The van der Waals surface area contributed by atoms with Crippen molar-refractivity contribution in [1.29, 1.82) is 0 Å². The SMILES string of the molecule is CC(C)COc1ccc(C(C)(O)CC(F)(F)C(F)(F)C(F)(F)F)cc1. The summed E-state index contributed by atoms with van der Waals surface area (Å²) in [7, 11) is 0. The average Bonchev–Trinajstić information content (AvgIpc) is 2.43. The van der Waals surface area contributed by atoms with E-state index >= 15 is 0 Å². The van der Waals surface area contributed by atoms with E-state index < -0.39 is 30.0 Å². The van der Waals surface area contributed by atoms with E-state index in [0.717, 1.165) is 19.1 Å². The van der Waals surface area contributed by atoms with E-state index in [-0.39, 0.29) is 11.5 Å². The van der Waals surface area contributed by atoms with Crippen molar-refractivity contribution in [2.24, 2.45) is 5.92 Å². The van der Waals surface area contributed by atoms with Crippen LogP contribution in [0.5, 0.6) is 5.75 Å². The number of halogens is 7. The predicted molar refractivity (Wildman–Crippen MR) is 76.9 cm³/mol. The number of hydrogen-bond acceptors (Lipinski definition) is 2. The molecule has 0 aliphatic heterocycles. The van der Waals surface area contributed by atoms with Gasteiger partial charge in [0.25, 0.3) is 0 Å². The molecule has 25 heavy (non-hydrogen) atoms. The average molecular weight is 376 g/mol. The molecule has 1 aromatic rings. The molecule has 0 aliphatic rings. The van der Waals surface area contributed by atoms with Crippen LogP contribution in [-0.2, 0) is 5.60 Å². The van der Waals surface area contributed by atoms with Crippen LogP contribution in [0.2, 0.25) is 0 Å². The van der Waals surface area contributed by atoms with Crippen molar-refractivity contribution in [2.75, 3.05) is 6.61 Å². The van der Waals surface area contributed by atoms with Gasteiger partial charge in [0.1, 0.15) is 5.75 Å². The van der Waals surface area contributed by atoms with Gasteiger partial charge in [-0.3, -0.25) is 0 Å². The number of ether oxygens (including phenoxy) is 1. The normalized spacial score (nSPS) is 16.0. The zero-order chi connectivity index (χ0) is 19.7. The molecule has 1 unspecified atom stereocenters. The molecule has 1 atom stereocenters. The topological polar surface area (TPSA) is 29.5 Å². The highest BCUT2D eigenvalue weighted by molar-refractivity contribution is 5.31. The lowest BCUT2D eigenvalue weighted by molar-refractivity contribution is -0.361. The lowest BCUT2D eigenvalue weighted by Gasteiger charge is -2.34. The molecule has 0 radical (unpaired) electrons. The zero-order valence-corrected chi connectivity index (χ0v) is 13.8. The molecule has 1 rings (SSSR count). The minimum absolute atomic E-state index is 0.214. The van der Waals surface area contributed by atoms with E-state index in [1.54, 1.807) is 0 Å². The molecule has 0 aliphatic carbocycles. The highest BCUT2D eigenvalue weighted by Crippen LogP contribution is 2.50. The second-order valence-electron chi connectivity index (χ2n) is 6.46. The van der Waals surface area contributed by atoms with Gasteiger partial charge in [-0.2, -0.15) is 30.7 Å². The molecule has 2 nitrogen and oxygen atoms in total. The first kappa shape index (κ1) is 21.5. The minimum atomic E-state index is -6.43. The van der Waals surface area contributed by atoms with Gasteiger partial charge in [-0.15, -0.1) is 0 Å². The summed E-state index contributed by atoms with van der Waals surface area (Å²) in [5.74, 6) is -11.2. The van der Waals surface area contributed by atoms with E-state index in [0.29, 0.717) is 12.4 Å². The monoisotopic (exact) mass is 376 g/mol. The fourth-order valence-corrected chi connectivity index (χ4v) is 2.03. The Bertz CT molecular complexity index is 563. The maximum absolute atomic E-state index is 13.5. The molecule has 144 valence electrons. The Morgan fingerprint density at radius 2 is 1.44 bits per heavy atom. The number of hydrogen-bond donors (Lipinski definition) is 1. The van der Waals surface area contributed by atoms with Gasteiger partial charge in [-0.05, 0) is 30.5 Å². The number of benzene rings is 1. The highest BCUT2D eigenvalue weighted by Gasteiger charge is 2.73.